The normalized spacial score (nSPS) is 27.8. The number of rotatable bonds is 0. The molecule has 1 unspecified atom stereocenters. The van der Waals surface area contributed by atoms with Crippen molar-refractivity contribution in [3.63, 3.8) is 0 Å². The summed E-state index contributed by atoms with van der Waals surface area (Å²) in [6.07, 6.45) is 4.62. The molecule has 38 valence electrons. The van der Waals surface area contributed by atoms with Crippen molar-refractivity contribution in [2.75, 3.05) is 0 Å². The van der Waals surface area contributed by atoms with Crippen LogP contribution in [0.15, 0.2) is 20.5 Å². The van der Waals surface area contributed by atoms with E-state index >= 15 is 0 Å². The molecule has 0 heterocycles. The molecule has 0 nitrogen and oxygen atoms in total. The minimum atomic E-state index is 0.752. The van der Waals surface area contributed by atoms with Gasteiger partial charge in [-0.3, -0.25) is 0 Å². The van der Waals surface area contributed by atoms with E-state index in [-0.39, 0.29) is 0 Å². The second-order valence-electron chi connectivity index (χ2n) is 2.59. The molecule has 0 amide bonds. The van der Waals surface area contributed by atoms with E-state index in [2.05, 4.69) is 26.0 Å². The Hall–Kier alpha value is 0.480. The summed E-state index contributed by atoms with van der Waals surface area (Å²) in [6.45, 7) is 4.43. The number of hydrogen-bond acceptors (Lipinski definition) is 0. The first-order chi connectivity index (χ1) is 3.70. The molecule has 1 aliphatic rings. The third kappa shape index (κ3) is 1.25. The Balaban J connectivity index is 2.78. The summed E-state index contributed by atoms with van der Waals surface area (Å²) in [4.78, 5) is 0. The van der Waals surface area contributed by atoms with Gasteiger partial charge in [-0.1, -0.05) is 0 Å². The van der Waals surface area contributed by atoms with Crippen LogP contribution in [0, 0.1) is 5.92 Å². The molecule has 0 aromatic heterocycles. The van der Waals surface area contributed by atoms with Gasteiger partial charge in [0.15, 0.2) is 0 Å². The molecule has 1 rings (SSSR count). The van der Waals surface area contributed by atoms with Crippen molar-refractivity contribution in [2.45, 2.75) is 13.8 Å². The van der Waals surface area contributed by atoms with E-state index in [1.807, 2.05) is 0 Å². The van der Waals surface area contributed by atoms with Gasteiger partial charge in [-0.15, -0.1) is 0 Å². The van der Waals surface area contributed by atoms with Crippen LogP contribution in [0.4, 0.5) is 0 Å². The van der Waals surface area contributed by atoms with Crippen molar-refractivity contribution in [3.8, 4) is 0 Å². The Morgan fingerprint density at radius 1 is 1.62 bits per heavy atom. The molecule has 0 aromatic rings. The van der Waals surface area contributed by atoms with Crippen LogP contribution in [0.1, 0.15) is 13.8 Å². The number of allylic oxidation sites excluding steroid dienone is 4. The fourth-order valence-electron chi connectivity index (χ4n) is 1.06. The van der Waals surface area contributed by atoms with E-state index < -0.39 is 0 Å². The molecule has 8 heavy (non-hydrogen) atoms. The molecule has 0 bridgehead atoms. The summed E-state index contributed by atoms with van der Waals surface area (Å²) >= 11 is 1.23. The van der Waals surface area contributed by atoms with Crippen molar-refractivity contribution in [1.82, 2.24) is 0 Å². The van der Waals surface area contributed by atoms with Crippen LogP contribution < -0.4 is 0 Å². The van der Waals surface area contributed by atoms with Crippen molar-refractivity contribution >= 4 is 27.9 Å². The Labute approximate surface area is 68.1 Å². The SMILES string of the molecule is CC1=CC(C)[C]([Na])=C1. The molecule has 0 N–H and O–H groups in total. The van der Waals surface area contributed by atoms with Gasteiger partial charge < -0.3 is 0 Å². The Morgan fingerprint density at radius 2 is 2.25 bits per heavy atom. The summed E-state index contributed by atoms with van der Waals surface area (Å²) in [6, 6.07) is 0. The fourth-order valence-corrected chi connectivity index (χ4v) is 1.69. The topological polar surface area (TPSA) is 0 Å². The summed E-state index contributed by atoms with van der Waals surface area (Å²) in [5.41, 5.74) is 1.45. The van der Waals surface area contributed by atoms with E-state index in [0.717, 1.165) is 5.92 Å². The molecule has 0 spiro atoms. The van der Waals surface area contributed by atoms with Gasteiger partial charge in [0.25, 0.3) is 0 Å². The van der Waals surface area contributed by atoms with Crippen LogP contribution in [0.5, 0.6) is 0 Å². The van der Waals surface area contributed by atoms with Crippen LogP contribution in [0.2, 0.25) is 0 Å². The molecule has 0 saturated heterocycles. The van der Waals surface area contributed by atoms with Crippen molar-refractivity contribution in [1.29, 1.82) is 0 Å². The third-order valence-electron chi connectivity index (χ3n) is 1.69. The number of hydrogen-bond donors (Lipinski definition) is 0. The van der Waals surface area contributed by atoms with Gasteiger partial charge in [-0.05, 0) is 0 Å². The molecule has 0 aromatic carbocycles. The summed E-state index contributed by atoms with van der Waals surface area (Å²) in [5, 5.41) is 0. The summed E-state index contributed by atoms with van der Waals surface area (Å²) < 4.78 is 1.63. The van der Waals surface area contributed by atoms with Gasteiger partial charge >= 0.3 is 68.2 Å². The average Bonchev–Trinajstić information content (AvgIpc) is 1.85. The quantitative estimate of drug-likeness (QED) is 0.422. The van der Waals surface area contributed by atoms with Gasteiger partial charge in [-0.25, -0.2) is 0 Å². The zero-order valence-corrected chi connectivity index (χ0v) is 7.73. The maximum absolute atomic E-state index is 2.32. The zero-order valence-electron chi connectivity index (χ0n) is 5.73. The Bertz CT molecular complexity index is 154. The van der Waals surface area contributed by atoms with Gasteiger partial charge in [0, 0.05) is 0 Å². The molecule has 1 atom stereocenters. The van der Waals surface area contributed by atoms with Crippen molar-refractivity contribution in [2.24, 2.45) is 5.92 Å². The summed E-state index contributed by atoms with van der Waals surface area (Å²) in [7, 11) is 0. The zero-order chi connectivity index (χ0) is 6.15. The van der Waals surface area contributed by atoms with Crippen molar-refractivity contribution in [3.05, 3.63) is 20.5 Å². The molecule has 0 saturated carbocycles. The van der Waals surface area contributed by atoms with Crippen LogP contribution in [-0.2, 0) is 0 Å². The van der Waals surface area contributed by atoms with Gasteiger partial charge in [-0.2, -0.15) is 0 Å². The van der Waals surface area contributed by atoms with Crippen LogP contribution >= 0.6 is 0 Å². The fraction of sp³-hybridized carbons (Fsp3) is 0.429. The molecule has 1 heteroatoms. The molecule has 0 aliphatic heterocycles. The second-order valence-corrected chi connectivity index (χ2v) is 3.74. The first-order valence-corrected chi connectivity index (χ1v) is 4.07. The van der Waals surface area contributed by atoms with E-state index in [0.29, 0.717) is 0 Å². The Morgan fingerprint density at radius 3 is 2.38 bits per heavy atom. The minimum absolute atomic E-state index is 0.752. The van der Waals surface area contributed by atoms with Crippen LogP contribution in [0.25, 0.3) is 0 Å². The van der Waals surface area contributed by atoms with E-state index in [1.54, 1.807) is 2.82 Å². The average molecular weight is 116 g/mol. The first-order valence-electron chi connectivity index (χ1n) is 3.07. The monoisotopic (exact) mass is 116 g/mol. The van der Waals surface area contributed by atoms with Gasteiger partial charge in [0.05, 0.1) is 0 Å². The van der Waals surface area contributed by atoms with E-state index in [9.17, 15) is 0 Å². The van der Waals surface area contributed by atoms with Gasteiger partial charge in [0.1, 0.15) is 0 Å². The molecule has 0 fully saturated rings. The maximum atomic E-state index is 2.32. The molecule has 0 radical (unpaired) electrons. The molecule has 1 aliphatic carbocycles. The predicted molar refractivity (Wildman–Crippen MR) is 36.8 cm³/mol. The standard InChI is InChI=1S/C7H9.Na/c1-6-3-4-7(2)5-6;/h3,5,7H,1-2H3;. The first kappa shape index (κ1) is 6.60. The molecular weight excluding hydrogens is 107 g/mol. The molecular formula is C7H9Na. The van der Waals surface area contributed by atoms with Crippen molar-refractivity contribution < 1.29 is 0 Å². The summed E-state index contributed by atoms with van der Waals surface area (Å²) in [5.74, 6) is 0.752. The van der Waals surface area contributed by atoms with E-state index in [1.165, 1.54) is 33.5 Å². The Kier molecular flexibility index (Phi) is 1.97. The third-order valence-corrected chi connectivity index (χ3v) is 2.89. The van der Waals surface area contributed by atoms with Crippen LogP contribution in [0.3, 0.4) is 0 Å². The second kappa shape index (κ2) is 2.38. The van der Waals surface area contributed by atoms with E-state index in [4.69, 9.17) is 0 Å². The van der Waals surface area contributed by atoms with Crippen LogP contribution in [-0.4, -0.2) is 27.9 Å². The predicted octanol–water partition coefficient (Wildman–Crippen LogP) is 1.63. The van der Waals surface area contributed by atoms with Gasteiger partial charge in [0.2, 0.25) is 0 Å².